The molecule has 1 aliphatic heterocycles. The molecule has 1 saturated heterocycles. The van der Waals surface area contributed by atoms with Crippen molar-refractivity contribution in [1.29, 1.82) is 0 Å². The average molecular weight is 463 g/mol. The van der Waals surface area contributed by atoms with Crippen LogP contribution in [0.15, 0.2) is 70.0 Å². The lowest BCUT2D eigenvalue weighted by Crippen LogP contribution is -2.48. The first-order valence-electron chi connectivity index (χ1n) is 9.52. The number of rotatable bonds is 5. The molecule has 0 N–H and O–H groups in total. The summed E-state index contributed by atoms with van der Waals surface area (Å²) in [6.45, 7) is 2.62. The van der Waals surface area contributed by atoms with Crippen molar-refractivity contribution in [2.75, 3.05) is 31.1 Å². The van der Waals surface area contributed by atoms with Gasteiger partial charge in [-0.1, -0.05) is 41.4 Å². The monoisotopic (exact) mass is 462 g/mol. The van der Waals surface area contributed by atoms with Gasteiger partial charge in [0.25, 0.3) is 5.91 Å². The molecule has 1 atom stereocenters. The van der Waals surface area contributed by atoms with E-state index in [1.165, 1.54) is 0 Å². The number of amides is 1. The molecule has 0 bridgehead atoms. The van der Waals surface area contributed by atoms with Crippen molar-refractivity contribution in [1.82, 2.24) is 4.90 Å². The zero-order chi connectivity index (χ0) is 21.1. The zero-order valence-electron chi connectivity index (χ0n) is 16.1. The molecule has 1 fully saturated rings. The zero-order valence-corrected chi connectivity index (χ0v) is 18.4. The van der Waals surface area contributed by atoms with E-state index in [0.717, 1.165) is 18.8 Å². The first-order chi connectivity index (χ1) is 14.5. The van der Waals surface area contributed by atoms with Crippen molar-refractivity contribution in [3.05, 3.63) is 82.2 Å². The summed E-state index contributed by atoms with van der Waals surface area (Å²) in [4.78, 5) is 17.3. The van der Waals surface area contributed by atoms with Gasteiger partial charge >= 0.3 is 0 Å². The first kappa shape index (κ1) is 21.0. The van der Waals surface area contributed by atoms with Crippen LogP contribution in [0.4, 0.5) is 5.69 Å². The fourth-order valence-electron chi connectivity index (χ4n) is 3.40. The van der Waals surface area contributed by atoms with Crippen molar-refractivity contribution >= 4 is 45.6 Å². The maximum Gasteiger partial charge on any atom is 0.289 e. The number of hydrogen-bond acceptors (Lipinski definition) is 4. The van der Waals surface area contributed by atoms with Crippen LogP contribution >= 0.6 is 23.2 Å². The Labute approximate surface area is 187 Å². The second-order valence-electron chi connectivity index (χ2n) is 6.95. The van der Waals surface area contributed by atoms with Crippen LogP contribution in [0.5, 0.6) is 0 Å². The summed E-state index contributed by atoms with van der Waals surface area (Å²) in [6, 6.07) is 18.1. The second-order valence-corrected chi connectivity index (χ2v) is 9.21. The molecule has 1 aromatic heterocycles. The highest BCUT2D eigenvalue weighted by Gasteiger charge is 2.25. The molecule has 1 aliphatic rings. The van der Waals surface area contributed by atoms with Gasteiger partial charge in [-0.2, -0.15) is 0 Å². The lowest BCUT2D eigenvalue weighted by molar-refractivity contribution is 0.0713. The van der Waals surface area contributed by atoms with Crippen LogP contribution in [0.1, 0.15) is 16.3 Å². The summed E-state index contributed by atoms with van der Waals surface area (Å²) < 4.78 is 18.3. The van der Waals surface area contributed by atoms with Crippen LogP contribution in [-0.2, 0) is 16.6 Å². The van der Waals surface area contributed by atoms with Crippen molar-refractivity contribution in [2.24, 2.45) is 0 Å². The van der Waals surface area contributed by atoms with Gasteiger partial charge in [0.15, 0.2) is 5.76 Å². The molecule has 8 heteroatoms. The number of carbonyl (C=O) groups is 1. The van der Waals surface area contributed by atoms with E-state index in [1.54, 1.807) is 41.3 Å². The van der Waals surface area contributed by atoms with Gasteiger partial charge < -0.3 is 14.2 Å². The highest BCUT2D eigenvalue weighted by atomic mass is 35.5. The van der Waals surface area contributed by atoms with Crippen molar-refractivity contribution < 1.29 is 13.4 Å². The van der Waals surface area contributed by atoms with Crippen molar-refractivity contribution in [2.45, 2.75) is 10.6 Å². The van der Waals surface area contributed by atoms with Crippen LogP contribution in [0.3, 0.4) is 0 Å². The van der Waals surface area contributed by atoms with Crippen molar-refractivity contribution in [3.8, 4) is 0 Å². The Bertz CT molecular complexity index is 1080. The molecule has 30 heavy (non-hydrogen) atoms. The van der Waals surface area contributed by atoms with Gasteiger partial charge in [-0.3, -0.25) is 9.00 Å². The summed E-state index contributed by atoms with van der Waals surface area (Å²) in [5, 5.41) is 1.15. The molecular formula is C22H20Cl2N2O3S. The number of nitrogens with zero attached hydrogens (tertiary/aromatic N) is 2. The average Bonchev–Trinajstić information content (AvgIpc) is 3.22. The Morgan fingerprint density at radius 1 is 0.967 bits per heavy atom. The summed E-state index contributed by atoms with van der Waals surface area (Å²) in [5.41, 5.74) is 1.05. The van der Waals surface area contributed by atoms with Gasteiger partial charge in [-0.05, 0) is 42.5 Å². The molecular weight excluding hydrogens is 443 g/mol. The van der Waals surface area contributed by atoms with E-state index in [-0.39, 0.29) is 17.4 Å². The van der Waals surface area contributed by atoms with Crippen molar-refractivity contribution in [3.63, 3.8) is 0 Å². The Morgan fingerprint density at radius 3 is 2.47 bits per heavy atom. The minimum atomic E-state index is -1.35. The van der Waals surface area contributed by atoms with Gasteiger partial charge in [0.2, 0.25) is 0 Å². The van der Waals surface area contributed by atoms with E-state index in [1.807, 2.05) is 24.3 Å². The van der Waals surface area contributed by atoms with E-state index >= 15 is 0 Å². The number of hydrogen-bond donors (Lipinski definition) is 0. The summed E-state index contributed by atoms with van der Waals surface area (Å²) in [5.74, 6) is 0.765. The molecule has 3 aromatic rings. The summed E-state index contributed by atoms with van der Waals surface area (Å²) >= 11 is 12.2. The molecule has 156 valence electrons. The molecule has 0 unspecified atom stereocenters. The lowest BCUT2D eigenvalue weighted by Gasteiger charge is -2.35. The molecule has 2 aromatic carbocycles. The number of piperazine rings is 1. The fraction of sp³-hybridized carbons (Fsp3) is 0.227. The minimum absolute atomic E-state index is 0.157. The van der Waals surface area contributed by atoms with Gasteiger partial charge in [-0.15, -0.1) is 0 Å². The molecule has 1 amide bonds. The van der Waals surface area contributed by atoms with Crippen LogP contribution in [-0.4, -0.2) is 41.2 Å². The van der Waals surface area contributed by atoms with Gasteiger partial charge in [-0.25, -0.2) is 0 Å². The Balaban J connectivity index is 1.36. The summed E-state index contributed by atoms with van der Waals surface area (Å²) in [6.07, 6.45) is 0. The minimum Gasteiger partial charge on any atom is -0.455 e. The highest BCUT2D eigenvalue weighted by molar-refractivity contribution is 7.84. The molecule has 0 aliphatic carbocycles. The highest BCUT2D eigenvalue weighted by Crippen LogP contribution is 2.24. The topological polar surface area (TPSA) is 53.8 Å². The van der Waals surface area contributed by atoms with E-state index < -0.39 is 10.8 Å². The molecule has 2 heterocycles. The molecule has 0 spiro atoms. The third-order valence-electron chi connectivity index (χ3n) is 4.97. The molecule has 0 radical (unpaired) electrons. The van der Waals surface area contributed by atoms with Crippen LogP contribution in [0, 0.1) is 0 Å². The van der Waals surface area contributed by atoms with Gasteiger partial charge in [0, 0.05) is 36.9 Å². The smallest absolute Gasteiger partial charge is 0.289 e. The van der Waals surface area contributed by atoms with E-state index in [9.17, 15) is 9.00 Å². The van der Waals surface area contributed by atoms with Gasteiger partial charge in [0.1, 0.15) is 5.76 Å². The number of benzene rings is 2. The van der Waals surface area contributed by atoms with E-state index in [0.29, 0.717) is 33.8 Å². The Kier molecular flexibility index (Phi) is 6.46. The third-order valence-corrected chi connectivity index (χ3v) is 7.04. The largest absolute Gasteiger partial charge is 0.455 e. The predicted octanol–water partition coefficient (Wildman–Crippen LogP) is 4.86. The standard InChI is InChI=1S/C22H20Cl2N2O3S/c23-16-4-3-5-17(14-16)25-10-12-26(13-11-25)22(27)20-9-8-18(29-20)15-30(28)21-7-2-1-6-19(21)24/h1-9,14H,10-13,15H2/t30-/m1/s1. The number of furan rings is 1. The molecule has 5 nitrogen and oxygen atoms in total. The number of carbonyl (C=O) groups excluding carboxylic acids is 1. The third kappa shape index (κ3) is 4.72. The quantitative estimate of drug-likeness (QED) is 0.543. The van der Waals surface area contributed by atoms with Crippen LogP contribution in [0.25, 0.3) is 0 Å². The predicted molar refractivity (Wildman–Crippen MR) is 120 cm³/mol. The molecule has 4 rings (SSSR count). The van der Waals surface area contributed by atoms with Crippen LogP contribution in [0.2, 0.25) is 10.0 Å². The Morgan fingerprint density at radius 2 is 1.73 bits per heavy atom. The fourth-order valence-corrected chi connectivity index (χ4v) is 5.07. The van der Waals surface area contributed by atoms with E-state index in [2.05, 4.69) is 4.90 Å². The first-order valence-corrected chi connectivity index (χ1v) is 11.6. The second kappa shape index (κ2) is 9.25. The van der Waals surface area contributed by atoms with Crippen LogP contribution < -0.4 is 4.90 Å². The van der Waals surface area contributed by atoms with E-state index in [4.69, 9.17) is 27.6 Å². The van der Waals surface area contributed by atoms with Gasteiger partial charge in [0.05, 0.1) is 26.5 Å². The molecule has 0 saturated carbocycles. The number of anilines is 1. The normalized spacial score (nSPS) is 15.3. The Hall–Kier alpha value is -2.28. The lowest BCUT2D eigenvalue weighted by atomic mass is 10.2. The summed E-state index contributed by atoms with van der Waals surface area (Å²) in [7, 11) is -1.35. The maximum absolute atomic E-state index is 12.8. The SMILES string of the molecule is O=C(c1ccc(C[S@@](=O)c2ccccc2Cl)o1)N1CCN(c2cccc(Cl)c2)CC1. The number of halogens is 2. The maximum atomic E-state index is 12.8.